The summed E-state index contributed by atoms with van der Waals surface area (Å²) in [5.74, 6) is 0.0590. The van der Waals surface area contributed by atoms with Crippen molar-refractivity contribution in [3.05, 3.63) is 32.6 Å². The van der Waals surface area contributed by atoms with Crippen LogP contribution < -0.4 is 17.0 Å². The molecular weight excluding hydrogens is 248 g/mol. The van der Waals surface area contributed by atoms with Gasteiger partial charge >= 0.3 is 5.69 Å². The smallest absolute Gasteiger partial charge is 0.325 e. The van der Waals surface area contributed by atoms with E-state index in [4.69, 9.17) is 5.73 Å². The fourth-order valence-electron chi connectivity index (χ4n) is 2.46. The van der Waals surface area contributed by atoms with Crippen LogP contribution in [0.4, 0.5) is 0 Å². The van der Waals surface area contributed by atoms with E-state index in [-0.39, 0.29) is 11.5 Å². The zero-order chi connectivity index (χ0) is 13.8. The minimum atomic E-state index is -0.644. The van der Waals surface area contributed by atoms with Crippen molar-refractivity contribution in [1.82, 2.24) is 14.9 Å². The van der Waals surface area contributed by atoms with Gasteiger partial charge in [-0.25, -0.2) is 4.79 Å². The fourth-order valence-corrected chi connectivity index (χ4v) is 2.46. The molecule has 0 spiro atoms. The molecule has 1 aliphatic rings. The van der Waals surface area contributed by atoms with Crippen molar-refractivity contribution in [3.8, 4) is 0 Å². The van der Waals surface area contributed by atoms with E-state index in [1.54, 1.807) is 4.90 Å². The Morgan fingerprint density at radius 2 is 2.26 bits per heavy atom. The first kappa shape index (κ1) is 13.5. The molecule has 4 N–H and O–H groups in total. The number of hydrogen-bond acceptors (Lipinski definition) is 4. The Labute approximate surface area is 109 Å². The van der Waals surface area contributed by atoms with Crippen molar-refractivity contribution >= 4 is 5.91 Å². The highest BCUT2D eigenvalue weighted by Crippen LogP contribution is 2.19. The normalized spacial score (nSPS) is 19.4. The number of piperidine rings is 1. The van der Waals surface area contributed by atoms with Crippen LogP contribution in [-0.4, -0.2) is 40.4 Å². The highest BCUT2D eigenvalue weighted by atomic mass is 16.2. The lowest BCUT2D eigenvalue weighted by molar-refractivity contribution is 0.0667. The molecule has 7 nitrogen and oxygen atoms in total. The van der Waals surface area contributed by atoms with Gasteiger partial charge in [-0.05, 0) is 31.7 Å². The zero-order valence-electron chi connectivity index (χ0n) is 10.6. The molecule has 104 valence electrons. The molecule has 7 heteroatoms. The van der Waals surface area contributed by atoms with E-state index in [0.29, 0.717) is 25.6 Å². The van der Waals surface area contributed by atoms with Crippen LogP contribution in [0.3, 0.4) is 0 Å². The Morgan fingerprint density at radius 1 is 1.47 bits per heavy atom. The van der Waals surface area contributed by atoms with E-state index in [9.17, 15) is 14.4 Å². The Kier molecular flexibility index (Phi) is 4.16. The summed E-state index contributed by atoms with van der Waals surface area (Å²) in [4.78, 5) is 40.8. The van der Waals surface area contributed by atoms with Gasteiger partial charge in [0, 0.05) is 19.3 Å². The second-order valence-electron chi connectivity index (χ2n) is 4.82. The predicted octanol–water partition coefficient (Wildman–Crippen LogP) is -0.736. The number of aromatic amines is 2. The van der Waals surface area contributed by atoms with Crippen LogP contribution in [0.5, 0.6) is 0 Å². The monoisotopic (exact) mass is 266 g/mol. The first-order valence-electron chi connectivity index (χ1n) is 6.43. The number of rotatable bonds is 3. The third-order valence-electron chi connectivity index (χ3n) is 3.43. The molecule has 19 heavy (non-hydrogen) atoms. The van der Waals surface area contributed by atoms with Gasteiger partial charge in [0.25, 0.3) is 11.5 Å². The second kappa shape index (κ2) is 5.83. The number of amides is 1. The van der Waals surface area contributed by atoms with Gasteiger partial charge in [0.2, 0.25) is 0 Å². The summed E-state index contributed by atoms with van der Waals surface area (Å²) in [6.45, 7) is 1.86. The van der Waals surface area contributed by atoms with E-state index >= 15 is 0 Å². The van der Waals surface area contributed by atoms with Gasteiger partial charge in [0.05, 0.1) is 0 Å². The summed E-state index contributed by atoms with van der Waals surface area (Å²) in [5, 5.41) is 0. The Bertz CT molecular complexity index is 561. The van der Waals surface area contributed by atoms with Crippen molar-refractivity contribution in [3.63, 3.8) is 0 Å². The quantitative estimate of drug-likeness (QED) is 0.669. The van der Waals surface area contributed by atoms with E-state index in [2.05, 4.69) is 9.97 Å². The number of nitrogens with two attached hydrogens (primary N) is 1. The Hall–Kier alpha value is -1.89. The minimum Gasteiger partial charge on any atom is -0.338 e. The summed E-state index contributed by atoms with van der Waals surface area (Å²) in [7, 11) is 0. The maximum absolute atomic E-state index is 12.2. The lowest BCUT2D eigenvalue weighted by Gasteiger charge is -2.32. The number of H-pyrrole nitrogens is 2. The van der Waals surface area contributed by atoms with E-state index in [0.717, 1.165) is 19.3 Å². The lowest BCUT2D eigenvalue weighted by atomic mass is 9.94. The van der Waals surface area contributed by atoms with Crippen LogP contribution in [0.25, 0.3) is 0 Å². The number of carbonyl (C=O) groups excluding carboxylic acids is 1. The lowest BCUT2D eigenvalue weighted by Crippen LogP contribution is -2.43. The van der Waals surface area contributed by atoms with Crippen LogP contribution in [0.2, 0.25) is 0 Å². The number of nitrogens with zero attached hydrogens (tertiary/aromatic N) is 1. The van der Waals surface area contributed by atoms with Gasteiger partial charge in [-0.2, -0.15) is 0 Å². The molecule has 0 aromatic carbocycles. The molecule has 1 saturated heterocycles. The zero-order valence-corrected chi connectivity index (χ0v) is 10.6. The van der Waals surface area contributed by atoms with Crippen molar-refractivity contribution in [2.75, 3.05) is 19.6 Å². The molecule has 1 fully saturated rings. The van der Waals surface area contributed by atoms with Gasteiger partial charge in [-0.15, -0.1) is 0 Å². The van der Waals surface area contributed by atoms with Crippen molar-refractivity contribution in [2.24, 2.45) is 11.7 Å². The molecule has 1 aliphatic heterocycles. The molecule has 1 atom stereocenters. The standard InChI is InChI=1S/C12H18N4O3/c13-4-3-8-2-1-5-16(7-8)11(18)9-6-14-12(19)15-10(9)17/h6,8H,1-5,7,13H2,(H2,14,15,17,19). The number of likely N-dealkylation sites (tertiary alicyclic amines) is 1. The molecule has 1 unspecified atom stereocenters. The molecule has 0 saturated carbocycles. The molecular formula is C12H18N4O3. The average Bonchev–Trinajstić information content (AvgIpc) is 2.39. The molecule has 0 bridgehead atoms. The van der Waals surface area contributed by atoms with Crippen molar-refractivity contribution < 1.29 is 4.79 Å². The SMILES string of the molecule is NCCC1CCCN(C(=O)c2c[nH]c(=O)[nH]c2=O)C1. The highest BCUT2D eigenvalue weighted by molar-refractivity contribution is 5.93. The molecule has 0 radical (unpaired) electrons. The summed E-state index contributed by atoms with van der Waals surface area (Å²) in [5.41, 5.74) is 4.26. The summed E-state index contributed by atoms with van der Waals surface area (Å²) in [6, 6.07) is 0. The number of aromatic nitrogens is 2. The molecule has 2 heterocycles. The average molecular weight is 266 g/mol. The molecule has 0 aliphatic carbocycles. The van der Waals surface area contributed by atoms with Crippen LogP contribution in [0.15, 0.2) is 15.8 Å². The molecule has 2 rings (SSSR count). The second-order valence-corrected chi connectivity index (χ2v) is 4.82. The predicted molar refractivity (Wildman–Crippen MR) is 70.0 cm³/mol. The van der Waals surface area contributed by atoms with Crippen molar-refractivity contribution in [2.45, 2.75) is 19.3 Å². The van der Waals surface area contributed by atoms with Gasteiger partial charge < -0.3 is 15.6 Å². The van der Waals surface area contributed by atoms with E-state index < -0.39 is 11.2 Å². The van der Waals surface area contributed by atoms with Crippen LogP contribution in [0, 0.1) is 5.92 Å². The van der Waals surface area contributed by atoms with Gasteiger partial charge in [0.15, 0.2) is 0 Å². The maximum Gasteiger partial charge on any atom is 0.325 e. The van der Waals surface area contributed by atoms with Crippen LogP contribution in [0.1, 0.15) is 29.6 Å². The molecule has 1 aromatic rings. The van der Waals surface area contributed by atoms with Gasteiger partial charge in [-0.1, -0.05) is 0 Å². The number of nitrogens with one attached hydrogen (secondary N) is 2. The number of carbonyl (C=O) groups is 1. The third kappa shape index (κ3) is 3.11. The Balaban J connectivity index is 2.14. The topological polar surface area (TPSA) is 112 Å². The summed E-state index contributed by atoms with van der Waals surface area (Å²) in [6.07, 6.45) is 4.03. The van der Waals surface area contributed by atoms with E-state index in [1.807, 2.05) is 0 Å². The van der Waals surface area contributed by atoms with Gasteiger partial charge in [0.1, 0.15) is 5.56 Å². The highest BCUT2D eigenvalue weighted by Gasteiger charge is 2.25. The van der Waals surface area contributed by atoms with Gasteiger partial charge in [-0.3, -0.25) is 14.6 Å². The van der Waals surface area contributed by atoms with Crippen LogP contribution >= 0.6 is 0 Å². The first-order chi connectivity index (χ1) is 9.11. The summed E-state index contributed by atoms with van der Waals surface area (Å²) >= 11 is 0. The Morgan fingerprint density at radius 3 is 2.95 bits per heavy atom. The maximum atomic E-state index is 12.2. The third-order valence-corrected chi connectivity index (χ3v) is 3.43. The number of hydrogen-bond donors (Lipinski definition) is 3. The largest absolute Gasteiger partial charge is 0.338 e. The molecule has 1 amide bonds. The summed E-state index contributed by atoms with van der Waals surface area (Å²) < 4.78 is 0. The van der Waals surface area contributed by atoms with Crippen molar-refractivity contribution in [1.29, 1.82) is 0 Å². The minimum absolute atomic E-state index is 0.0204. The van der Waals surface area contributed by atoms with Crippen LogP contribution in [-0.2, 0) is 0 Å². The van der Waals surface area contributed by atoms with E-state index in [1.165, 1.54) is 6.20 Å². The fraction of sp³-hybridized carbons (Fsp3) is 0.583. The molecule has 1 aromatic heterocycles. The first-order valence-corrected chi connectivity index (χ1v) is 6.43.